The van der Waals surface area contributed by atoms with E-state index in [1.807, 2.05) is 11.8 Å². The number of ether oxygens (including phenoxy) is 2. The van der Waals surface area contributed by atoms with E-state index in [0.717, 1.165) is 12.1 Å². The highest BCUT2D eigenvalue weighted by Crippen LogP contribution is 2.29. The summed E-state index contributed by atoms with van der Waals surface area (Å²) < 4.78 is 49.9. The molecule has 0 N–H and O–H groups in total. The largest absolute Gasteiger partial charge is 0.456 e. The molecule has 0 aliphatic carbocycles. The van der Waals surface area contributed by atoms with Gasteiger partial charge in [0.1, 0.15) is 6.04 Å². The molecular weight excluding hydrogens is 367 g/mol. The molecule has 0 spiro atoms. The van der Waals surface area contributed by atoms with Gasteiger partial charge in [-0.05, 0) is 41.2 Å². The fourth-order valence-corrected chi connectivity index (χ4v) is 2.75. The van der Waals surface area contributed by atoms with Crippen molar-refractivity contribution in [2.75, 3.05) is 26.3 Å². The minimum atomic E-state index is -4.43. The van der Waals surface area contributed by atoms with Crippen LogP contribution in [-0.4, -0.2) is 63.4 Å². The molecule has 1 fully saturated rings. The van der Waals surface area contributed by atoms with Crippen LogP contribution in [0, 0.1) is 0 Å². The maximum Gasteiger partial charge on any atom is 0.416 e. The van der Waals surface area contributed by atoms with Crippen molar-refractivity contribution >= 4 is 5.97 Å². The van der Waals surface area contributed by atoms with Crippen molar-refractivity contribution in [3.8, 4) is 5.69 Å². The Morgan fingerprint density at radius 1 is 1.33 bits per heavy atom. The van der Waals surface area contributed by atoms with Gasteiger partial charge in [0.25, 0.3) is 0 Å². The third-order valence-corrected chi connectivity index (χ3v) is 4.23. The molecule has 0 saturated carbocycles. The molecule has 2 heterocycles. The Morgan fingerprint density at radius 2 is 2.07 bits per heavy atom. The summed E-state index contributed by atoms with van der Waals surface area (Å²) in [5.74, 6) is -0.263. The van der Waals surface area contributed by atoms with Crippen LogP contribution in [0.1, 0.15) is 18.3 Å². The summed E-state index contributed by atoms with van der Waals surface area (Å²) in [4.78, 5) is 14.3. The van der Waals surface area contributed by atoms with E-state index in [-0.39, 0.29) is 19.0 Å². The van der Waals surface area contributed by atoms with Crippen LogP contribution in [0.4, 0.5) is 13.2 Å². The number of morpholine rings is 1. The summed E-state index contributed by atoms with van der Waals surface area (Å²) in [6.07, 6.45) is -4.43. The molecule has 1 unspecified atom stereocenters. The number of benzene rings is 1. The lowest BCUT2D eigenvalue weighted by Crippen LogP contribution is -2.50. The van der Waals surface area contributed by atoms with Crippen molar-refractivity contribution in [1.29, 1.82) is 0 Å². The van der Waals surface area contributed by atoms with Gasteiger partial charge < -0.3 is 9.47 Å². The number of likely N-dealkylation sites (N-methyl/N-ethyl adjacent to an activating group) is 1. The number of tetrazole rings is 1. The Bertz CT molecular complexity index is 778. The first-order valence-electron chi connectivity index (χ1n) is 8.33. The smallest absolute Gasteiger partial charge is 0.416 e. The maximum atomic E-state index is 12.7. The maximum absolute atomic E-state index is 12.7. The van der Waals surface area contributed by atoms with E-state index in [0.29, 0.717) is 25.4 Å². The normalized spacial score (nSPS) is 18.4. The Hall–Kier alpha value is -2.53. The van der Waals surface area contributed by atoms with Crippen molar-refractivity contribution < 1.29 is 27.4 Å². The number of carbonyl (C=O) groups excluding carboxylic acids is 1. The van der Waals surface area contributed by atoms with Gasteiger partial charge in [0, 0.05) is 6.54 Å². The molecule has 1 saturated heterocycles. The quantitative estimate of drug-likeness (QED) is 0.721. The van der Waals surface area contributed by atoms with Gasteiger partial charge in [-0.2, -0.15) is 17.9 Å². The molecule has 0 bridgehead atoms. The summed E-state index contributed by atoms with van der Waals surface area (Å²) in [5, 5.41) is 11.0. The van der Waals surface area contributed by atoms with Crippen LogP contribution < -0.4 is 0 Å². The predicted octanol–water partition coefficient (Wildman–Crippen LogP) is 1.45. The Labute approximate surface area is 152 Å². The van der Waals surface area contributed by atoms with Gasteiger partial charge in [-0.3, -0.25) is 9.69 Å². The van der Waals surface area contributed by atoms with Crippen LogP contribution in [0.15, 0.2) is 24.3 Å². The second-order valence-corrected chi connectivity index (χ2v) is 5.88. The lowest BCUT2D eigenvalue weighted by molar-refractivity contribution is -0.157. The number of carbonyl (C=O) groups is 1. The van der Waals surface area contributed by atoms with E-state index in [4.69, 9.17) is 9.47 Å². The van der Waals surface area contributed by atoms with Crippen LogP contribution in [0.2, 0.25) is 0 Å². The topological polar surface area (TPSA) is 82.4 Å². The van der Waals surface area contributed by atoms with Gasteiger partial charge in [-0.1, -0.05) is 6.92 Å². The molecule has 8 nitrogen and oxygen atoms in total. The Kier molecular flexibility index (Phi) is 5.71. The first-order chi connectivity index (χ1) is 12.9. The van der Waals surface area contributed by atoms with E-state index >= 15 is 0 Å². The highest BCUT2D eigenvalue weighted by Gasteiger charge is 2.31. The first-order valence-corrected chi connectivity index (χ1v) is 8.33. The minimum absolute atomic E-state index is 0.197. The molecule has 1 aromatic heterocycles. The number of aromatic nitrogens is 4. The van der Waals surface area contributed by atoms with E-state index in [2.05, 4.69) is 15.5 Å². The van der Waals surface area contributed by atoms with Crippen LogP contribution in [0.25, 0.3) is 5.69 Å². The zero-order chi connectivity index (χ0) is 19.4. The monoisotopic (exact) mass is 385 g/mol. The van der Waals surface area contributed by atoms with Crippen molar-refractivity contribution in [2.24, 2.45) is 0 Å². The average molecular weight is 385 g/mol. The molecule has 11 heteroatoms. The molecule has 1 aliphatic rings. The number of alkyl halides is 3. The molecule has 0 radical (unpaired) electrons. The second-order valence-electron chi connectivity index (χ2n) is 5.88. The summed E-state index contributed by atoms with van der Waals surface area (Å²) >= 11 is 0. The number of esters is 1. The van der Waals surface area contributed by atoms with E-state index in [1.54, 1.807) is 0 Å². The third-order valence-electron chi connectivity index (χ3n) is 4.23. The fraction of sp³-hybridized carbons (Fsp3) is 0.500. The van der Waals surface area contributed by atoms with Crippen molar-refractivity contribution in [3.63, 3.8) is 0 Å². The molecule has 1 aliphatic heterocycles. The zero-order valence-corrected chi connectivity index (χ0v) is 14.5. The predicted molar refractivity (Wildman–Crippen MR) is 85.8 cm³/mol. The number of hydrogen-bond acceptors (Lipinski definition) is 7. The molecule has 1 aromatic carbocycles. The third kappa shape index (κ3) is 4.42. The lowest BCUT2D eigenvalue weighted by Gasteiger charge is -2.32. The number of halogens is 3. The van der Waals surface area contributed by atoms with Crippen molar-refractivity contribution in [2.45, 2.75) is 25.7 Å². The van der Waals surface area contributed by atoms with Crippen LogP contribution >= 0.6 is 0 Å². The van der Waals surface area contributed by atoms with E-state index < -0.39 is 23.8 Å². The number of nitrogens with zero attached hydrogens (tertiary/aromatic N) is 5. The van der Waals surface area contributed by atoms with Gasteiger partial charge in [-0.25, -0.2) is 0 Å². The van der Waals surface area contributed by atoms with Crippen LogP contribution in [0.5, 0.6) is 0 Å². The summed E-state index contributed by atoms with van der Waals surface area (Å²) in [5.41, 5.74) is -0.445. The van der Waals surface area contributed by atoms with Crippen molar-refractivity contribution in [1.82, 2.24) is 25.1 Å². The summed E-state index contributed by atoms with van der Waals surface area (Å²) in [6, 6.07) is 3.87. The SMILES string of the molecule is CCN1CCOCC1C(=O)OCc1nnnn1-c1ccc(C(F)(F)F)cc1. The molecular formula is C16H18F3N5O3. The van der Waals surface area contributed by atoms with E-state index in [9.17, 15) is 18.0 Å². The number of rotatable bonds is 5. The molecule has 27 heavy (non-hydrogen) atoms. The van der Waals surface area contributed by atoms with Gasteiger partial charge in [0.05, 0.1) is 24.5 Å². The highest BCUT2D eigenvalue weighted by molar-refractivity contribution is 5.76. The van der Waals surface area contributed by atoms with Crippen LogP contribution in [0.3, 0.4) is 0 Å². The molecule has 3 rings (SSSR count). The van der Waals surface area contributed by atoms with Crippen LogP contribution in [-0.2, 0) is 27.1 Å². The number of hydrogen-bond donors (Lipinski definition) is 0. The average Bonchev–Trinajstić information content (AvgIpc) is 3.14. The molecule has 146 valence electrons. The van der Waals surface area contributed by atoms with Gasteiger partial charge in [-0.15, -0.1) is 5.10 Å². The Morgan fingerprint density at radius 3 is 2.74 bits per heavy atom. The molecule has 0 amide bonds. The van der Waals surface area contributed by atoms with E-state index in [1.165, 1.54) is 16.8 Å². The zero-order valence-electron chi connectivity index (χ0n) is 14.5. The summed E-state index contributed by atoms with van der Waals surface area (Å²) in [6.45, 7) is 3.87. The lowest BCUT2D eigenvalue weighted by atomic mass is 10.2. The molecule has 2 aromatic rings. The highest BCUT2D eigenvalue weighted by atomic mass is 19.4. The molecule has 1 atom stereocenters. The van der Waals surface area contributed by atoms with Gasteiger partial charge >= 0.3 is 12.1 Å². The Balaban J connectivity index is 1.67. The minimum Gasteiger partial charge on any atom is -0.456 e. The fourth-order valence-electron chi connectivity index (χ4n) is 2.75. The second kappa shape index (κ2) is 8.01. The van der Waals surface area contributed by atoms with Gasteiger partial charge in [0.15, 0.2) is 12.4 Å². The summed E-state index contributed by atoms with van der Waals surface area (Å²) in [7, 11) is 0. The first kappa shape index (κ1) is 19.2. The van der Waals surface area contributed by atoms with Gasteiger partial charge in [0.2, 0.25) is 0 Å². The van der Waals surface area contributed by atoms with Crippen molar-refractivity contribution in [3.05, 3.63) is 35.7 Å². The standard InChI is InChI=1S/C16H18F3N5O3/c1-2-23-7-8-26-9-13(23)15(25)27-10-14-20-21-22-24(14)12-5-3-11(4-6-12)16(17,18)19/h3-6,13H,2,7-10H2,1H3.